The lowest BCUT2D eigenvalue weighted by molar-refractivity contribution is -0.123. The highest BCUT2D eigenvalue weighted by atomic mass is 32.1. The highest BCUT2D eigenvalue weighted by molar-refractivity contribution is 7.12. The number of nitrogens with one attached hydrogen (secondary N) is 3. The van der Waals surface area contributed by atoms with Crippen molar-refractivity contribution in [1.29, 1.82) is 0 Å². The standard InChI is InChI=1S/C18H19N5O2S/c1-11-5-6-17(26-11)15-9-16(22-21-15)18(24)20-10-12-8-14(23-25-12)13-4-2-3-7-19-13/h2-8,15-16,21-22H,9-10H2,1H3,(H,20,24). The maximum Gasteiger partial charge on any atom is 0.238 e. The molecule has 2 unspecified atom stereocenters. The van der Waals surface area contributed by atoms with E-state index in [-0.39, 0.29) is 18.0 Å². The first-order valence-corrected chi connectivity index (χ1v) is 9.23. The van der Waals surface area contributed by atoms with Gasteiger partial charge in [0.15, 0.2) is 5.76 Å². The van der Waals surface area contributed by atoms with Crippen LogP contribution in [0.2, 0.25) is 0 Å². The Balaban J connectivity index is 1.31. The zero-order valence-electron chi connectivity index (χ0n) is 14.2. The third-order valence-electron chi connectivity index (χ3n) is 4.25. The van der Waals surface area contributed by atoms with E-state index in [9.17, 15) is 4.79 Å². The fourth-order valence-corrected chi connectivity index (χ4v) is 3.83. The highest BCUT2D eigenvalue weighted by Gasteiger charge is 2.30. The molecule has 134 valence electrons. The van der Waals surface area contributed by atoms with Crippen LogP contribution in [0.3, 0.4) is 0 Å². The zero-order chi connectivity index (χ0) is 17.9. The first kappa shape index (κ1) is 16.9. The Morgan fingerprint density at radius 2 is 2.23 bits per heavy atom. The van der Waals surface area contributed by atoms with Crippen molar-refractivity contribution in [2.24, 2.45) is 0 Å². The minimum Gasteiger partial charge on any atom is -0.359 e. The van der Waals surface area contributed by atoms with Gasteiger partial charge in [0, 0.05) is 22.0 Å². The average Bonchev–Trinajstić information content (AvgIpc) is 3.40. The monoisotopic (exact) mass is 369 g/mol. The highest BCUT2D eigenvalue weighted by Crippen LogP contribution is 2.28. The summed E-state index contributed by atoms with van der Waals surface area (Å²) in [6.07, 6.45) is 2.41. The predicted molar refractivity (Wildman–Crippen MR) is 98.1 cm³/mol. The lowest BCUT2D eigenvalue weighted by Gasteiger charge is -2.08. The Kier molecular flexibility index (Phi) is 4.79. The molecule has 1 saturated heterocycles. The van der Waals surface area contributed by atoms with E-state index in [1.54, 1.807) is 23.6 Å². The summed E-state index contributed by atoms with van der Waals surface area (Å²) in [4.78, 5) is 19.1. The van der Waals surface area contributed by atoms with E-state index in [4.69, 9.17) is 4.52 Å². The van der Waals surface area contributed by atoms with Gasteiger partial charge in [0.1, 0.15) is 11.7 Å². The van der Waals surface area contributed by atoms with Crippen LogP contribution in [0.1, 0.15) is 28.0 Å². The van der Waals surface area contributed by atoms with E-state index in [0.29, 0.717) is 24.4 Å². The van der Waals surface area contributed by atoms with Crippen LogP contribution >= 0.6 is 11.3 Å². The van der Waals surface area contributed by atoms with Gasteiger partial charge in [-0.05, 0) is 37.6 Å². The number of nitrogens with zero attached hydrogens (tertiary/aromatic N) is 2. The van der Waals surface area contributed by atoms with Gasteiger partial charge in [-0.1, -0.05) is 11.2 Å². The average molecular weight is 369 g/mol. The summed E-state index contributed by atoms with van der Waals surface area (Å²) in [5, 5.41) is 6.89. The molecule has 4 heterocycles. The number of hydrogen-bond acceptors (Lipinski definition) is 7. The lowest BCUT2D eigenvalue weighted by Crippen LogP contribution is -2.42. The first-order chi connectivity index (χ1) is 12.7. The van der Waals surface area contributed by atoms with Gasteiger partial charge in [0.25, 0.3) is 0 Å². The van der Waals surface area contributed by atoms with E-state index in [1.165, 1.54) is 9.75 Å². The number of carbonyl (C=O) groups excluding carboxylic acids is 1. The summed E-state index contributed by atoms with van der Waals surface area (Å²) in [6.45, 7) is 2.37. The molecule has 2 atom stereocenters. The van der Waals surface area contributed by atoms with Crippen LogP contribution in [-0.2, 0) is 11.3 Å². The molecule has 3 aromatic heterocycles. The van der Waals surface area contributed by atoms with E-state index in [2.05, 4.69) is 45.4 Å². The number of hydrazine groups is 1. The molecule has 0 aliphatic carbocycles. The second-order valence-electron chi connectivity index (χ2n) is 6.19. The number of amides is 1. The Morgan fingerprint density at radius 1 is 1.31 bits per heavy atom. The Labute approximate surface area is 154 Å². The molecule has 0 spiro atoms. The summed E-state index contributed by atoms with van der Waals surface area (Å²) in [7, 11) is 0. The summed E-state index contributed by atoms with van der Waals surface area (Å²) in [5.41, 5.74) is 7.66. The maximum atomic E-state index is 12.4. The van der Waals surface area contributed by atoms with Crippen molar-refractivity contribution in [3.63, 3.8) is 0 Å². The Morgan fingerprint density at radius 3 is 3.00 bits per heavy atom. The van der Waals surface area contributed by atoms with Gasteiger partial charge in [0.2, 0.25) is 5.91 Å². The van der Waals surface area contributed by atoms with Crippen molar-refractivity contribution < 1.29 is 9.32 Å². The van der Waals surface area contributed by atoms with Crippen molar-refractivity contribution in [2.45, 2.75) is 32.0 Å². The number of aromatic nitrogens is 2. The minimum absolute atomic E-state index is 0.0657. The normalized spacial score (nSPS) is 19.6. The SMILES string of the molecule is Cc1ccc(C2CC(C(=O)NCc3cc(-c4ccccn4)no3)NN2)s1. The van der Waals surface area contributed by atoms with Crippen LogP contribution in [0.25, 0.3) is 11.4 Å². The Hall–Kier alpha value is -2.55. The smallest absolute Gasteiger partial charge is 0.238 e. The zero-order valence-corrected chi connectivity index (χ0v) is 15.0. The molecule has 1 amide bonds. The van der Waals surface area contributed by atoms with E-state index in [1.807, 2.05) is 18.2 Å². The number of thiophene rings is 1. The molecule has 1 aliphatic heterocycles. The minimum atomic E-state index is -0.277. The summed E-state index contributed by atoms with van der Waals surface area (Å²) in [5.74, 6) is 0.527. The van der Waals surface area contributed by atoms with Gasteiger partial charge in [-0.2, -0.15) is 0 Å². The molecular weight excluding hydrogens is 350 g/mol. The molecule has 3 N–H and O–H groups in total. The van der Waals surface area contributed by atoms with E-state index in [0.717, 1.165) is 5.69 Å². The van der Waals surface area contributed by atoms with Crippen LogP contribution in [0, 0.1) is 6.92 Å². The first-order valence-electron chi connectivity index (χ1n) is 8.41. The van der Waals surface area contributed by atoms with Crippen molar-refractivity contribution in [2.75, 3.05) is 0 Å². The molecule has 8 heteroatoms. The number of carbonyl (C=O) groups is 1. The summed E-state index contributed by atoms with van der Waals surface area (Å²) >= 11 is 1.75. The molecule has 0 bridgehead atoms. The van der Waals surface area contributed by atoms with Crippen LogP contribution in [0.5, 0.6) is 0 Å². The topological polar surface area (TPSA) is 92.1 Å². The number of pyridine rings is 1. The number of aryl methyl sites for hydroxylation is 1. The van der Waals surface area contributed by atoms with E-state index < -0.39 is 0 Å². The van der Waals surface area contributed by atoms with Crippen LogP contribution < -0.4 is 16.2 Å². The number of hydrogen-bond donors (Lipinski definition) is 3. The molecule has 7 nitrogen and oxygen atoms in total. The van der Waals surface area contributed by atoms with Crippen molar-refractivity contribution in [1.82, 2.24) is 26.3 Å². The summed E-state index contributed by atoms with van der Waals surface area (Å²) in [6, 6.07) is 11.5. The van der Waals surface area contributed by atoms with Crippen LogP contribution in [-0.4, -0.2) is 22.1 Å². The molecule has 0 saturated carbocycles. The van der Waals surface area contributed by atoms with Crippen molar-refractivity contribution in [3.05, 3.63) is 58.1 Å². The molecule has 0 radical (unpaired) electrons. The second kappa shape index (κ2) is 7.36. The molecule has 3 aromatic rings. The predicted octanol–water partition coefficient (Wildman–Crippen LogP) is 2.33. The molecule has 26 heavy (non-hydrogen) atoms. The quantitative estimate of drug-likeness (QED) is 0.639. The van der Waals surface area contributed by atoms with Gasteiger partial charge in [-0.15, -0.1) is 11.3 Å². The fourth-order valence-electron chi connectivity index (χ4n) is 2.88. The molecular formula is C18H19N5O2S. The molecule has 1 aliphatic rings. The Bertz CT molecular complexity index is 892. The second-order valence-corrected chi connectivity index (χ2v) is 7.51. The molecule has 4 rings (SSSR count). The maximum absolute atomic E-state index is 12.4. The van der Waals surface area contributed by atoms with Crippen molar-refractivity contribution >= 4 is 17.2 Å². The van der Waals surface area contributed by atoms with Gasteiger partial charge in [-0.3, -0.25) is 9.78 Å². The van der Waals surface area contributed by atoms with Gasteiger partial charge in [-0.25, -0.2) is 10.9 Å². The molecule has 1 fully saturated rings. The third kappa shape index (κ3) is 3.67. The van der Waals surface area contributed by atoms with Gasteiger partial charge >= 0.3 is 0 Å². The largest absolute Gasteiger partial charge is 0.359 e. The molecule has 0 aromatic carbocycles. The fraction of sp³-hybridized carbons (Fsp3) is 0.278. The third-order valence-corrected chi connectivity index (χ3v) is 5.36. The van der Waals surface area contributed by atoms with Gasteiger partial charge in [0.05, 0.1) is 18.3 Å². The van der Waals surface area contributed by atoms with E-state index >= 15 is 0 Å². The van der Waals surface area contributed by atoms with Crippen LogP contribution in [0.15, 0.2) is 47.1 Å². The van der Waals surface area contributed by atoms with Crippen molar-refractivity contribution in [3.8, 4) is 11.4 Å². The lowest BCUT2D eigenvalue weighted by atomic mass is 10.1. The van der Waals surface area contributed by atoms with Crippen LogP contribution in [0.4, 0.5) is 0 Å². The summed E-state index contributed by atoms with van der Waals surface area (Å²) < 4.78 is 5.29. The van der Waals surface area contributed by atoms with Gasteiger partial charge < -0.3 is 9.84 Å². The number of rotatable bonds is 5.